The highest BCUT2D eigenvalue weighted by Gasteiger charge is 2.36. The van der Waals surface area contributed by atoms with Crippen molar-refractivity contribution in [3.63, 3.8) is 0 Å². The van der Waals surface area contributed by atoms with Gasteiger partial charge in [-0.3, -0.25) is 14.6 Å². The molecule has 2 atom stereocenters. The summed E-state index contributed by atoms with van der Waals surface area (Å²) >= 11 is 0. The van der Waals surface area contributed by atoms with E-state index < -0.39 is 5.97 Å². The van der Waals surface area contributed by atoms with Crippen LogP contribution >= 0.6 is 0 Å². The van der Waals surface area contributed by atoms with Crippen LogP contribution in [0.5, 0.6) is 0 Å². The normalized spacial score (nSPS) is 27.8. The van der Waals surface area contributed by atoms with Crippen LogP contribution in [0, 0.1) is 0 Å². The van der Waals surface area contributed by atoms with E-state index in [1.807, 2.05) is 6.07 Å². The first-order chi connectivity index (χ1) is 10.2. The van der Waals surface area contributed by atoms with E-state index >= 15 is 0 Å². The van der Waals surface area contributed by atoms with Gasteiger partial charge in [-0.1, -0.05) is 36.8 Å². The minimum Gasteiger partial charge on any atom is -0.480 e. The van der Waals surface area contributed by atoms with Crippen molar-refractivity contribution >= 4 is 5.97 Å². The maximum absolute atomic E-state index is 11.4. The van der Waals surface area contributed by atoms with Crippen LogP contribution in [0.1, 0.15) is 31.2 Å². The highest BCUT2D eigenvalue weighted by atomic mass is 16.4. The van der Waals surface area contributed by atoms with Crippen molar-refractivity contribution in [2.45, 2.75) is 44.3 Å². The molecule has 2 unspecified atom stereocenters. The van der Waals surface area contributed by atoms with Gasteiger partial charge < -0.3 is 5.11 Å². The minimum absolute atomic E-state index is 0.263. The minimum atomic E-state index is -0.642. The summed E-state index contributed by atoms with van der Waals surface area (Å²) in [5.74, 6) is -0.642. The lowest BCUT2D eigenvalue weighted by Crippen LogP contribution is -2.50. The van der Waals surface area contributed by atoms with Gasteiger partial charge in [-0.25, -0.2) is 0 Å². The Morgan fingerprint density at radius 1 is 1.14 bits per heavy atom. The molecule has 0 aliphatic carbocycles. The van der Waals surface area contributed by atoms with Crippen LogP contribution in [0.2, 0.25) is 0 Å². The predicted octanol–water partition coefficient (Wildman–Crippen LogP) is 2.20. The zero-order valence-electron chi connectivity index (χ0n) is 12.4. The SMILES string of the molecule is O=C(O)C1CCCCN1C1CCN(Cc2ccccc2)C1. The van der Waals surface area contributed by atoms with E-state index in [4.69, 9.17) is 0 Å². The zero-order chi connectivity index (χ0) is 14.7. The second kappa shape index (κ2) is 6.58. The third-order valence-corrected chi connectivity index (χ3v) is 4.79. The van der Waals surface area contributed by atoms with E-state index in [-0.39, 0.29) is 6.04 Å². The number of hydrogen-bond acceptors (Lipinski definition) is 3. The van der Waals surface area contributed by atoms with Crippen LogP contribution in [0.15, 0.2) is 30.3 Å². The smallest absolute Gasteiger partial charge is 0.320 e. The Bertz CT molecular complexity index is 477. The molecule has 2 saturated heterocycles. The highest BCUT2D eigenvalue weighted by molar-refractivity contribution is 5.73. The fourth-order valence-corrected chi connectivity index (χ4v) is 3.72. The van der Waals surface area contributed by atoms with Crippen LogP contribution in [-0.2, 0) is 11.3 Å². The van der Waals surface area contributed by atoms with Gasteiger partial charge >= 0.3 is 5.97 Å². The topological polar surface area (TPSA) is 43.8 Å². The standard InChI is InChI=1S/C17H24N2O2/c20-17(21)16-8-4-5-10-19(16)15-9-11-18(13-15)12-14-6-2-1-3-7-14/h1-3,6-7,15-16H,4-5,8-13H2,(H,20,21). The lowest BCUT2D eigenvalue weighted by atomic mass is 9.99. The molecular formula is C17H24N2O2. The van der Waals surface area contributed by atoms with Gasteiger partial charge in [0.1, 0.15) is 6.04 Å². The van der Waals surface area contributed by atoms with Crippen LogP contribution < -0.4 is 0 Å². The number of aliphatic carboxylic acids is 1. The molecule has 0 bridgehead atoms. The van der Waals surface area contributed by atoms with Gasteiger partial charge in [0.2, 0.25) is 0 Å². The molecule has 2 aliphatic rings. The first kappa shape index (κ1) is 14.5. The fraction of sp³-hybridized carbons (Fsp3) is 0.588. The molecule has 0 radical (unpaired) electrons. The number of carboxylic acids is 1. The van der Waals surface area contributed by atoms with Crippen LogP contribution in [0.4, 0.5) is 0 Å². The molecular weight excluding hydrogens is 264 g/mol. The lowest BCUT2D eigenvalue weighted by Gasteiger charge is -2.37. The Labute approximate surface area is 126 Å². The Kier molecular flexibility index (Phi) is 4.56. The molecule has 1 aromatic rings. The maximum Gasteiger partial charge on any atom is 0.320 e. The predicted molar refractivity (Wildman–Crippen MR) is 82.1 cm³/mol. The Morgan fingerprint density at radius 3 is 2.71 bits per heavy atom. The molecule has 0 saturated carbocycles. The number of carbonyl (C=O) groups is 1. The molecule has 1 aromatic carbocycles. The zero-order valence-corrected chi connectivity index (χ0v) is 12.4. The summed E-state index contributed by atoms with van der Waals surface area (Å²) in [7, 11) is 0. The van der Waals surface area contributed by atoms with Crippen molar-refractivity contribution in [2.75, 3.05) is 19.6 Å². The summed E-state index contributed by atoms with van der Waals surface area (Å²) < 4.78 is 0. The second-order valence-corrected chi connectivity index (χ2v) is 6.25. The van der Waals surface area contributed by atoms with E-state index in [0.717, 1.165) is 51.9 Å². The summed E-state index contributed by atoms with van der Waals surface area (Å²) in [4.78, 5) is 16.1. The molecule has 3 rings (SSSR count). The third kappa shape index (κ3) is 3.44. The van der Waals surface area contributed by atoms with Crippen molar-refractivity contribution in [1.82, 2.24) is 9.80 Å². The molecule has 2 heterocycles. The van der Waals surface area contributed by atoms with Crippen molar-refractivity contribution in [3.8, 4) is 0 Å². The van der Waals surface area contributed by atoms with E-state index in [1.54, 1.807) is 0 Å². The molecule has 4 heteroatoms. The van der Waals surface area contributed by atoms with Gasteiger partial charge in [0, 0.05) is 25.7 Å². The molecule has 4 nitrogen and oxygen atoms in total. The summed E-state index contributed by atoms with van der Waals surface area (Å²) in [6.45, 7) is 3.99. The number of benzene rings is 1. The quantitative estimate of drug-likeness (QED) is 0.922. The highest BCUT2D eigenvalue weighted by Crippen LogP contribution is 2.25. The van der Waals surface area contributed by atoms with Gasteiger partial charge in [-0.15, -0.1) is 0 Å². The molecule has 2 aliphatic heterocycles. The second-order valence-electron chi connectivity index (χ2n) is 6.25. The van der Waals surface area contributed by atoms with Gasteiger partial charge in [-0.2, -0.15) is 0 Å². The largest absolute Gasteiger partial charge is 0.480 e. The number of piperidine rings is 1. The maximum atomic E-state index is 11.4. The van der Waals surface area contributed by atoms with E-state index in [9.17, 15) is 9.90 Å². The summed E-state index contributed by atoms with van der Waals surface area (Å²) in [6.07, 6.45) is 4.09. The first-order valence-electron chi connectivity index (χ1n) is 7.99. The van der Waals surface area contributed by atoms with Gasteiger partial charge in [0.25, 0.3) is 0 Å². The van der Waals surface area contributed by atoms with Crippen LogP contribution in [0.3, 0.4) is 0 Å². The molecule has 1 N–H and O–H groups in total. The van der Waals surface area contributed by atoms with Gasteiger partial charge in [0.15, 0.2) is 0 Å². The van der Waals surface area contributed by atoms with E-state index in [1.165, 1.54) is 5.56 Å². The molecule has 0 amide bonds. The van der Waals surface area contributed by atoms with Crippen LogP contribution in [0.25, 0.3) is 0 Å². The van der Waals surface area contributed by atoms with Crippen molar-refractivity contribution in [3.05, 3.63) is 35.9 Å². The number of carboxylic acid groups (broad SMARTS) is 1. The monoisotopic (exact) mass is 288 g/mol. The average Bonchev–Trinajstić information content (AvgIpc) is 2.96. The fourth-order valence-electron chi connectivity index (χ4n) is 3.72. The molecule has 21 heavy (non-hydrogen) atoms. The first-order valence-corrected chi connectivity index (χ1v) is 7.99. The number of likely N-dealkylation sites (tertiary alicyclic amines) is 2. The van der Waals surface area contributed by atoms with Gasteiger partial charge in [0.05, 0.1) is 0 Å². The number of nitrogens with zero attached hydrogens (tertiary/aromatic N) is 2. The molecule has 2 fully saturated rings. The van der Waals surface area contributed by atoms with E-state index in [0.29, 0.717) is 6.04 Å². The molecule has 0 aromatic heterocycles. The van der Waals surface area contributed by atoms with Crippen LogP contribution in [-0.4, -0.2) is 52.6 Å². The number of rotatable bonds is 4. The van der Waals surface area contributed by atoms with Gasteiger partial charge in [-0.05, 0) is 31.4 Å². The Hall–Kier alpha value is -1.39. The summed E-state index contributed by atoms with van der Waals surface area (Å²) in [5.41, 5.74) is 1.34. The Morgan fingerprint density at radius 2 is 1.95 bits per heavy atom. The average molecular weight is 288 g/mol. The van der Waals surface area contributed by atoms with Crippen molar-refractivity contribution in [2.24, 2.45) is 0 Å². The van der Waals surface area contributed by atoms with E-state index in [2.05, 4.69) is 34.1 Å². The third-order valence-electron chi connectivity index (χ3n) is 4.79. The number of hydrogen-bond donors (Lipinski definition) is 1. The van der Waals surface area contributed by atoms with Crippen molar-refractivity contribution in [1.29, 1.82) is 0 Å². The summed E-state index contributed by atoms with van der Waals surface area (Å²) in [5, 5.41) is 9.41. The van der Waals surface area contributed by atoms with Crippen molar-refractivity contribution < 1.29 is 9.90 Å². The lowest BCUT2D eigenvalue weighted by molar-refractivity contribution is -0.145. The summed E-state index contributed by atoms with van der Waals surface area (Å²) in [6, 6.07) is 10.7. The molecule has 0 spiro atoms. The molecule has 114 valence electrons. The Balaban J connectivity index is 1.59.